The number of nitrogens with zero attached hydrogens (tertiary/aromatic N) is 1. The number of hydrogen-bond acceptors (Lipinski definition) is 5. The van der Waals surface area contributed by atoms with E-state index in [2.05, 4.69) is 59.8 Å². The van der Waals surface area contributed by atoms with Crippen molar-refractivity contribution in [3.05, 3.63) is 119 Å². The van der Waals surface area contributed by atoms with E-state index < -0.39 is 24.2 Å². The highest BCUT2D eigenvalue weighted by Gasteiger charge is 2.35. The van der Waals surface area contributed by atoms with Crippen molar-refractivity contribution in [1.82, 2.24) is 10.2 Å². The molecule has 4 aromatic carbocycles. The van der Waals surface area contributed by atoms with E-state index in [4.69, 9.17) is 21.6 Å². The normalized spacial score (nSPS) is 13.3. The summed E-state index contributed by atoms with van der Waals surface area (Å²) in [6.07, 6.45) is 3.84. The van der Waals surface area contributed by atoms with Gasteiger partial charge in [-0.25, -0.2) is 9.59 Å². The van der Waals surface area contributed by atoms with Crippen LogP contribution in [0.15, 0.2) is 97.1 Å². The second-order valence-electron chi connectivity index (χ2n) is 11.8. The van der Waals surface area contributed by atoms with Crippen LogP contribution in [0.1, 0.15) is 53.4 Å². The lowest BCUT2D eigenvalue weighted by atomic mass is 9.93. The summed E-state index contributed by atoms with van der Waals surface area (Å²) in [6, 6.07) is 33.5. The molecule has 0 aliphatic heterocycles. The fraction of sp³-hybridized carbons (Fsp3) is 0.256. The van der Waals surface area contributed by atoms with Crippen LogP contribution in [0.25, 0.3) is 22.3 Å². The van der Waals surface area contributed by atoms with Crippen molar-refractivity contribution in [2.75, 3.05) is 26.2 Å². The molecule has 0 heterocycles. The van der Waals surface area contributed by atoms with Crippen LogP contribution in [-0.2, 0) is 14.3 Å². The number of fused-ring (bicyclic) bond motifs is 6. The number of rotatable bonds is 12. The fourth-order valence-electron chi connectivity index (χ4n) is 6.90. The molecule has 2 aliphatic rings. The lowest BCUT2D eigenvalue weighted by Crippen LogP contribution is -2.39. The van der Waals surface area contributed by atoms with E-state index >= 15 is 0 Å². The highest BCUT2D eigenvalue weighted by molar-refractivity contribution is 5.83. The smallest absolute Gasteiger partial charge is 0.409 e. The Morgan fingerprint density at radius 3 is 1.62 bits per heavy atom. The monoisotopic (exact) mass is 627 g/mol. The second-order valence-corrected chi connectivity index (χ2v) is 11.8. The lowest BCUT2D eigenvalue weighted by molar-refractivity contribution is -0.129. The summed E-state index contributed by atoms with van der Waals surface area (Å²) in [7, 11) is 0. The van der Waals surface area contributed by atoms with Gasteiger partial charge in [0.25, 0.3) is 5.91 Å². The number of primary amides is 1. The van der Waals surface area contributed by atoms with E-state index in [1.807, 2.05) is 53.4 Å². The molecule has 8 nitrogen and oxygen atoms in total. The number of carbonyl (C=O) groups is 3. The molecule has 3 N–H and O–H groups in total. The number of terminal acetylenes is 1. The summed E-state index contributed by atoms with van der Waals surface area (Å²) in [6.45, 7) is 1.06. The summed E-state index contributed by atoms with van der Waals surface area (Å²) in [5.74, 6) is 1.79. The quantitative estimate of drug-likeness (QED) is 0.139. The summed E-state index contributed by atoms with van der Waals surface area (Å²) in [4.78, 5) is 39.5. The number of carbonyl (C=O) groups excluding carboxylic acids is 3. The number of ether oxygens (including phenoxy) is 2. The van der Waals surface area contributed by atoms with Crippen LogP contribution < -0.4 is 11.1 Å². The Bertz CT molecular complexity index is 1640. The zero-order valence-corrected chi connectivity index (χ0v) is 26.1. The molecule has 0 saturated carbocycles. The van der Waals surface area contributed by atoms with Gasteiger partial charge in [0.1, 0.15) is 0 Å². The molecular formula is C39H37N3O5. The summed E-state index contributed by atoms with van der Waals surface area (Å²) >= 11 is 0. The average molecular weight is 628 g/mol. The summed E-state index contributed by atoms with van der Waals surface area (Å²) < 4.78 is 10.9. The van der Waals surface area contributed by atoms with Crippen molar-refractivity contribution in [3.8, 4) is 34.6 Å². The van der Waals surface area contributed by atoms with Gasteiger partial charge in [-0.05, 0) is 63.8 Å². The van der Waals surface area contributed by atoms with Gasteiger partial charge < -0.3 is 25.4 Å². The van der Waals surface area contributed by atoms with Gasteiger partial charge >= 0.3 is 12.2 Å². The molecule has 0 spiro atoms. The van der Waals surface area contributed by atoms with Crippen LogP contribution in [0.3, 0.4) is 0 Å². The highest BCUT2D eigenvalue weighted by Crippen LogP contribution is 2.47. The number of amides is 3. The van der Waals surface area contributed by atoms with Gasteiger partial charge in [0.05, 0.1) is 13.2 Å². The maximum Gasteiger partial charge on any atom is 0.409 e. The van der Waals surface area contributed by atoms with Crippen molar-refractivity contribution in [2.24, 2.45) is 5.73 Å². The van der Waals surface area contributed by atoms with Crippen molar-refractivity contribution < 1.29 is 23.9 Å². The Balaban J connectivity index is 1.20. The van der Waals surface area contributed by atoms with Crippen LogP contribution in [0.2, 0.25) is 0 Å². The van der Waals surface area contributed by atoms with E-state index in [0.717, 1.165) is 0 Å². The van der Waals surface area contributed by atoms with E-state index in [9.17, 15) is 14.4 Å². The predicted octanol–water partition coefficient (Wildman–Crippen LogP) is 6.43. The van der Waals surface area contributed by atoms with E-state index in [1.165, 1.54) is 44.5 Å². The van der Waals surface area contributed by atoms with Gasteiger partial charge in [-0.2, -0.15) is 0 Å². The van der Waals surface area contributed by atoms with E-state index in [1.54, 1.807) is 0 Å². The van der Waals surface area contributed by atoms with E-state index in [0.29, 0.717) is 25.9 Å². The maximum absolute atomic E-state index is 14.0. The van der Waals surface area contributed by atoms with Crippen LogP contribution in [0.4, 0.5) is 9.59 Å². The third kappa shape index (κ3) is 6.70. The zero-order chi connectivity index (χ0) is 32.8. The molecule has 0 fully saturated rings. The number of nitrogens with two attached hydrogens (primary N) is 1. The van der Waals surface area contributed by atoms with Crippen LogP contribution >= 0.6 is 0 Å². The van der Waals surface area contributed by atoms with Crippen LogP contribution in [-0.4, -0.2) is 55.3 Å². The first-order valence-electron chi connectivity index (χ1n) is 15.9. The van der Waals surface area contributed by atoms with Crippen LogP contribution in [0, 0.1) is 12.3 Å². The van der Waals surface area contributed by atoms with Gasteiger partial charge in [-0.1, -0.05) is 103 Å². The fourth-order valence-corrected chi connectivity index (χ4v) is 6.90. The molecule has 0 unspecified atom stereocenters. The summed E-state index contributed by atoms with van der Waals surface area (Å²) in [5, 5.41) is 2.51. The third-order valence-electron chi connectivity index (χ3n) is 8.99. The molecule has 0 bridgehead atoms. The molecule has 3 amide bonds. The van der Waals surface area contributed by atoms with Gasteiger partial charge in [0.15, 0.2) is 6.10 Å². The van der Waals surface area contributed by atoms with Crippen molar-refractivity contribution in [2.45, 2.75) is 37.2 Å². The molecule has 0 aromatic heterocycles. The lowest BCUT2D eigenvalue weighted by Gasteiger charge is -2.29. The van der Waals surface area contributed by atoms with Crippen molar-refractivity contribution in [3.63, 3.8) is 0 Å². The van der Waals surface area contributed by atoms with Crippen LogP contribution in [0.5, 0.6) is 0 Å². The zero-order valence-electron chi connectivity index (χ0n) is 26.1. The minimum Gasteiger partial charge on any atom is -0.449 e. The Hall–Kier alpha value is -5.55. The van der Waals surface area contributed by atoms with Gasteiger partial charge in [-0.3, -0.25) is 4.79 Å². The molecule has 0 saturated heterocycles. The molecule has 4 aromatic rings. The minimum atomic E-state index is -1.07. The Kier molecular flexibility index (Phi) is 9.53. The molecule has 8 heteroatoms. The third-order valence-corrected chi connectivity index (χ3v) is 8.99. The molecule has 2 aliphatic carbocycles. The van der Waals surface area contributed by atoms with Crippen molar-refractivity contribution in [1.29, 1.82) is 0 Å². The molecule has 0 radical (unpaired) electrons. The number of hydrogen-bond donors (Lipinski definition) is 2. The van der Waals surface area contributed by atoms with Crippen molar-refractivity contribution >= 4 is 18.1 Å². The molecule has 1 atom stereocenters. The number of benzene rings is 4. The van der Waals surface area contributed by atoms with Gasteiger partial charge in [-0.15, -0.1) is 6.42 Å². The molecule has 47 heavy (non-hydrogen) atoms. The highest BCUT2D eigenvalue weighted by atomic mass is 16.6. The largest absolute Gasteiger partial charge is 0.449 e. The first-order chi connectivity index (χ1) is 23.0. The number of nitrogens with one attached hydrogen (secondary N) is 1. The number of unbranched alkanes of at least 4 members (excludes halogenated alkanes) is 1. The van der Waals surface area contributed by atoms with Gasteiger partial charge in [0, 0.05) is 24.9 Å². The Labute approximate surface area is 274 Å². The predicted molar refractivity (Wildman–Crippen MR) is 181 cm³/mol. The molecule has 6 rings (SSSR count). The second kappa shape index (κ2) is 14.3. The molecule has 238 valence electrons. The first kappa shape index (κ1) is 31.4. The Morgan fingerprint density at radius 1 is 0.745 bits per heavy atom. The topological polar surface area (TPSA) is 111 Å². The first-order valence-corrected chi connectivity index (χ1v) is 15.9. The molecular weight excluding hydrogens is 590 g/mol. The minimum absolute atomic E-state index is 0.00456. The summed E-state index contributed by atoms with van der Waals surface area (Å²) in [5.41, 5.74) is 14.7. The van der Waals surface area contributed by atoms with Gasteiger partial charge in [0.2, 0.25) is 0 Å². The standard InChI is InChI=1S/C39H37N3O5/c1-2-22-41-37(43)36(47-38(40)44)21-11-12-23-46-39(45)42(24-34-30-17-7-3-13-26(30)27-14-4-8-18-31(27)34)25-35-32-19-9-5-15-28(32)29-16-6-10-20-33(29)35/h1,3-10,13-20,34-36H,11-12,21-25H2,(H2,40,44)(H,41,43)/t36-/m0/s1. The average Bonchev–Trinajstić information content (AvgIpc) is 3.58. The van der Waals surface area contributed by atoms with E-state index in [-0.39, 0.29) is 31.4 Å². The SMILES string of the molecule is C#CCNC(=O)[C@H](CCCCOC(=O)N(CC1c2ccccc2-c2ccccc21)CC1c2ccccc2-c2ccccc21)OC(N)=O. The maximum atomic E-state index is 14.0. The Morgan fingerprint density at radius 2 is 1.19 bits per heavy atom.